The molecule has 6 nitrogen and oxygen atoms in total. The molecule has 0 saturated heterocycles. The Morgan fingerprint density at radius 2 is 2.06 bits per heavy atom. The molecule has 0 aliphatic carbocycles. The largest absolute Gasteiger partial charge is 0.457 e. The van der Waals surface area contributed by atoms with Crippen molar-refractivity contribution in [1.82, 2.24) is 4.98 Å². The van der Waals surface area contributed by atoms with Crippen LogP contribution in [0.15, 0.2) is 22.6 Å². The molecule has 7 heteroatoms. The van der Waals surface area contributed by atoms with E-state index in [1.165, 1.54) is 16.9 Å². The fourth-order valence-electron chi connectivity index (χ4n) is 4.53. The van der Waals surface area contributed by atoms with Gasteiger partial charge in [-0.25, -0.2) is 4.98 Å². The zero-order valence-electron chi connectivity index (χ0n) is 21.6. The molecule has 0 fully saturated rings. The summed E-state index contributed by atoms with van der Waals surface area (Å²) < 4.78 is 5.84. The van der Waals surface area contributed by atoms with Crippen LogP contribution in [0.5, 0.6) is 0 Å². The van der Waals surface area contributed by atoms with Crippen molar-refractivity contribution in [2.24, 2.45) is 23.0 Å². The molecule has 1 unspecified atom stereocenters. The van der Waals surface area contributed by atoms with E-state index in [4.69, 9.17) is 10.5 Å². The molecule has 34 heavy (non-hydrogen) atoms. The normalized spacial score (nSPS) is 29.9. The molecule has 0 aromatic carbocycles. The molecule has 1 aliphatic rings. The number of aromatic nitrogens is 1. The Kier molecular flexibility index (Phi) is 10.7. The molecule has 0 amide bonds. The van der Waals surface area contributed by atoms with Crippen LogP contribution in [-0.4, -0.2) is 34.1 Å². The van der Waals surface area contributed by atoms with Gasteiger partial charge in [-0.15, -0.1) is 11.3 Å². The van der Waals surface area contributed by atoms with Crippen LogP contribution in [0.4, 0.5) is 0 Å². The maximum absolute atomic E-state index is 13.1. The molecule has 3 N–H and O–H groups in total. The van der Waals surface area contributed by atoms with E-state index in [0.29, 0.717) is 18.9 Å². The number of esters is 1. The maximum atomic E-state index is 13.1. The van der Waals surface area contributed by atoms with Crippen molar-refractivity contribution in [3.63, 3.8) is 0 Å². The number of ether oxygens (including phenoxy) is 1. The third-order valence-corrected chi connectivity index (χ3v) is 7.77. The number of cyclic esters (lactones) is 1. The van der Waals surface area contributed by atoms with Crippen LogP contribution in [-0.2, 0) is 20.9 Å². The number of allylic oxidation sites excluding steroid dienone is 1. The topological polar surface area (TPSA) is 103 Å². The number of rotatable bonds is 3. The number of aliphatic hydroxyl groups excluding tert-OH is 1. The molecule has 1 aliphatic heterocycles. The summed E-state index contributed by atoms with van der Waals surface area (Å²) >= 11 is 1.50. The van der Waals surface area contributed by atoms with Gasteiger partial charge in [0.2, 0.25) is 0 Å². The molecule has 0 bridgehead atoms. The summed E-state index contributed by atoms with van der Waals surface area (Å²) in [6, 6.07) is 0. The number of aliphatic hydroxyl groups is 1. The lowest BCUT2D eigenvalue weighted by atomic mass is 9.74. The minimum absolute atomic E-state index is 0.00492. The molecular weight excluding hydrogens is 448 g/mol. The van der Waals surface area contributed by atoms with Crippen LogP contribution >= 0.6 is 11.3 Å². The highest BCUT2D eigenvalue weighted by Gasteiger charge is 2.39. The fourth-order valence-corrected chi connectivity index (χ4v) is 5.16. The quantitative estimate of drug-likeness (QED) is 0.432. The van der Waals surface area contributed by atoms with Gasteiger partial charge < -0.3 is 15.6 Å². The summed E-state index contributed by atoms with van der Waals surface area (Å²) in [5, 5.41) is 13.6. The Balaban J connectivity index is 2.30. The SMILES string of the molecule is C/C1=C/CC(/C(C)=C/c2csc(CN)n2)OC(=O)C[C@H](O)C(C)(C)C(=O)[C@H](C)C[C@@H](C)CCC1. The van der Waals surface area contributed by atoms with Crippen molar-refractivity contribution in [2.45, 2.75) is 98.8 Å². The lowest BCUT2D eigenvalue weighted by Gasteiger charge is -2.32. The Hall–Kier alpha value is -1.83. The zero-order chi connectivity index (χ0) is 25.5. The minimum Gasteiger partial charge on any atom is -0.457 e. The van der Waals surface area contributed by atoms with Crippen molar-refractivity contribution in [3.8, 4) is 0 Å². The van der Waals surface area contributed by atoms with Crippen LogP contribution in [0.1, 0.15) is 90.8 Å². The Labute approximate surface area is 208 Å². The van der Waals surface area contributed by atoms with Crippen molar-refractivity contribution in [3.05, 3.63) is 33.3 Å². The number of ketones is 1. The lowest BCUT2D eigenvalue weighted by molar-refractivity contribution is -0.153. The summed E-state index contributed by atoms with van der Waals surface area (Å²) in [5.74, 6) is -0.261. The second-order valence-electron chi connectivity index (χ2n) is 10.5. The van der Waals surface area contributed by atoms with Crippen LogP contribution in [0.2, 0.25) is 0 Å². The first-order chi connectivity index (χ1) is 15.9. The molecule has 0 saturated carbocycles. The van der Waals surface area contributed by atoms with Gasteiger partial charge in [0.15, 0.2) is 0 Å². The van der Waals surface area contributed by atoms with E-state index < -0.39 is 23.6 Å². The highest BCUT2D eigenvalue weighted by atomic mass is 32.1. The molecule has 0 spiro atoms. The predicted octanol–water partition coefficient (Wildman–Crippen LogP) is 5.45. The highest BCUT2D eigenvalue weighted by Crippen LogP contribution is 2.32. The van der Waals surface area contributed by atoms with Gasteiger partial charge in [0, 0.05) is 24.3 Å². The number of nitrogens with zero attached hydrogens (tertiary/aromatic N) is 1. The second kappa shape index (κ2) is 12.8. The Morgan fingerprint density at radius 1 is 1.35 bits per heavy atom. The average molecular weight is 491 g/mol. The van der Waals surface area contributed by atoms with E-state index >= 15 is 0 Å². The number of carbonyl (C=O) groups excluding carboxylic acids is 2. The van der Waals surface area contributed by atoms with Gasteiger partial charge in [0.05, 0.1) is 23.6 Å². The number of thiazole rings is 1. The van der Waals surface area contributed by atoms with Gasteiger partial charge in [-0.05, 0) is 50.7 Å². The monoisotopic (exact) mass is 490 g/mol. The third-order valence-electron chi connectivity index (χ3n) is 6.88. The molecule has 190 valence electrons. The predicted molar refractivity (Wildman–Crippen MR) is 138 cm³/mol. The van der Waals surface area contributed by atoms with E-state index in [-0.39, 0.29) is 18.1 Å². The van der Waals surface area contributed by atoms with Crippen LogP contribution < -0.4 is 5.73 Å². The van der Waals surface area contributed by atoms with Crippen molar-refractivity contribution >= 4 is 29.2 Å². The van der Waals surface area contributed by atoms with Crippen molar-refractivity contribution < 1.29 is 19.4 Å². The highest BCUT2D eigenvalue weighted by molar-refractivity contribution is 7.09. The zero-order valence-corrected chi connectivity index (χ0v) is 22.4. The molecule has 4 atom stereocenters. The average Bonchev–Trinajstić information content (AvgIpc) is 3.22. The lowest BCUT2D eigenvalue weighted by Crippen LogP contribution is -2.42. The summed E-state index contributed by atoms with van der Waals surface area (Å²) in [6.45, 7) is 12.0. The van der Waals surface area contributed by atoms with Crippen molar-refractivity contribution in [2.75, 3.05) is 0 Å². The molecular formula is C27H42N2O4S. The van der Waals surface area contributed by atoms with Gasteiger partial charge in [0.25, 0.3) is 0 Å². The van der Waals surface area contributed by atoms with E-state index in [9.17, 15) is 14.7 Å². The van der Waals surface area contributed by atoms with E-state index in [0.717, 1.165) is 42.0 Å². The van der Waals surface area contributed by atoms with E-state index in [1.54, 1.807) is 13.8 Å². The molecule has 0 radical (unpaired) electrons. The maximum Gasteiger partial charge on any atom is 0.309 e. The van der Waals surface area contributed by atoms with Crippen LogP contribution in [0, 0.1) is 17.3 Å². The van der Waals surface area contributed by atoms with Crippen molar-refractivity contribution in [1.29, 1.82) is 0 Å². The van der Waals surface area contributed by atoms with Gasteiger partial charge in [-0.1, -0.05) is 45.8 Å². The number of carbonyl (C=O) groups is 2. The summed E-state index contributed by atoms with van der Waals surface area (Å²) in [7, 11) is 0. The smallest absolute Gasteiger partial charge is 0.309 e. The van der Waals surface area contributed by atoms with Gasteiger partial charge in [-0.3, -0.25) is 9.59 Å². The molecule has 2 heterocycles. The number of hydrogen-bond donors (Lipinski definition) is 2. The van der Waals surface area contributed by atoms with E-state index in [1.807, 2.05) is 25.3 Å². The molecule has 2 rings (SSSR count). The first kappa shape index (κ1) is 28.4. The van der Waals surface area contributed by atoms with E-state index in [2.05, 4.69) is 24.9 Å². The summed E-state index contributed by atoms with van der Waals surface area (Å²) in [6.07, 6.45) is 6.69. The standard InChI is InChI=1S/C27H42N2O4S/c1-17-8-7-9-18(2)12-20(4)26(32)27(5,6)23(30)14-25(31)33-22(11-10-17)19(3)13-21-16-34-24(15-28)29-21/h10,13,16,18,20,22-23,30H,7-9,11-12,14-15,28H2,1-6H3/b17-10-,19-13+/t18-,20+,22?,23-/m0/s1. The fraction of sp³-hybridized carbons (Fsp3) is 0.667. The van der Waals surface area contributed by atoms with Gasteiger partial charge >= 0.3 is 5.97 Å². The summed E-state index contributed by atoms with van der Waals surface area (Å²) in [5.41, 5.74) is 7.58. The first-order valence-corrected chi connectivity index (χ1v) is 13.2. The number of hydrogen-bond acceptors (Lipinski definition) is 7. The number of Topliss-reactive ketones (excluding diaryl/α,β-unsaturated/α-hetero) is 1. The Bertz CT molecular complexity index is 902. The molecule has 1 aromatic rings. The Morgan fingerprint density at radius 3 is 2.71 bits per heavy atom. The first-order valence-electron chi connectivity index (χ1n) is 12.3. The second-order valence-corrected chi connectivity index (χ2v) is 11.4. The third kappa shape index (κ3) is 8.14. The summed E-state index contributed by atoms with van der Waals surface area (Å²) in [4.78, 5) is 30.5. The molecule has 1 aromatic heterocycles. The minimum atomic E-state index is -1.11. The van der Waals surface area contributed by atoms with Gasteiger partial charge in [-0.2, -0.15) is 0 Å². The van der Waals surface area contributed by atoms with Crippen LogP contribution in [0.25, 0.3) is 6.08 Å². The van der Waals surface area contributed by atoms with Crippen LogP contribution in [0.3, 0.4) is 0 Å². The number of nitrogens with two attached hydrogens (primary N) is 1. The van der Waals surface area contributed by atoms with Gasteiger partial charge in [0.1, 0.15) is 16.9 Å².